The van der Waals surface area contributed by atoms with Gasteiger partial charge in [-0.25, -0.2) is 19.0 Å². The number of pyridine rings is 3. The molecule has 0 bridgehead atoms. The lowest BCUT2D eigenvalue weighted by atomic mass is 9.97. The number of thiophene rings is 1. The van der Waals surface area contributed by atoms with Crippen molar-refractivity contribution in [3.63, 3.8) is 0 Å². The van der Waals surface area contributed by atoms with Crippen LogP contribution in [0.4, 0.5) is 10.2 Å². The highest BCUT2D eigenvalue weighted by atomic mass is 32.1. The maximum absolute atomic E-state index is 14.1. The van der Waals surface area contributed by atoms with Crippen molar-refractivity contribution in [3.05, 3.63) is 106 Å². The van der Waals surface area contributed by atoms with E-state index in [0.717, 1.165) is 62.6 Å². The first-order chi connectivity index (χ1) is 23.0. The number of hydrogen-bond donors (Lipinski definition) is 1. The predicted molar refractivity (Wildman–Crippen MR) is 178 cm³/mol. The fraction of sp³-hybridized carbons (Fsp3) is 0.257. The zero-order valence-electron chi connectivity index (χ0n) is 25.5. The average Bonchev–Trinajstić information content (AvgIpc) is 3.92. The summed E-state index contributed by atoms with van der Waals surface area (Å²) < 4.78 is 24.6. The Morgan fingerprint density at radius 1 is 1.02 bits per heavy atom. The molecule has 10 nitrogen and oxygen atoms in total. The minimum atomic E-state index is -0.275. The highest BCUT2D eigenvalue weighted by Gasteiger charge is 2.31. The van der Waals surface area contributed by atoms with Crippen LogP contribution in [-0.4, -0.2) is 34.5 Å². The van der Waals surface area contributed by atoms with E-state index in [0.29, 0.717) is 54.3 Å². The molecule has 0 saturated heterocycles. The summed E-state index contributed by atoms with van der Waals surface area (Å²) in [5.74, 6) is 1.27. The Labute approximate surface area is 271 Å². The second-order valence-corrected chi connectivity index (χ2v) is 13.2. The third-order valence-electron chi connectivity index (χ3n) is 9.24. The third-order valence-corrected chi connectivity index (χ3v) is 10.4. The summed E-state index contributed by atoms with van der Waals surface area (Å²) in [7, 11) is 0. The largest absolute Gasteiger partial charge is 0.421 e. The van der Waals surface area contributed by atoms with Gasteiger partial charge in [-0.05, 0) is 78.9 Å². The van der Waals surface area contributed by atoms with E-state index in [9.17, 15) is 9.18 Å². The van der Waals surface area contributed by atoms with Crippen molar-refractivity contribution in [2.75, 3.05) is 5.32 Å². The molecule has 0 spiro atoms. The SMILES string of the molecule is Cc1nnc(-c2c(CCc3ccc(F)cc3)nc3c(c2-c2cc4ccnc(N[C@H]5CCc6ncccc65)c4s2)c(=O)n2n3CCC2)o1. The van der Waals surface area contributed by atoms with Gasteiger partial charge in [-0.2, -0.15) is 0 Å². The first-order valence-corrected chi connectivity index (χ1v) is 16.6. The molecule has 9 rings (SSSR count). The van der Waals surface area contributed by atoms with Gasteiger partial charge in [0.1, 0.15) is 11.6 Å². The molecule has 1 N–H and O–H groups in total. The predicted octanol–water partition coefficient (Wildman–Crippen LogP) is 6.66. The molecule has 0 saturated carbocycles. The summed E-state index contributed by atoms with van der Waals surface area (Å²) in [6.45, 7) is 3.10. The standard InChI is InChI=1S/C35H29FN8O2S/c1-19-41-42-34(46-19)28-26(10-7-20-5-8-22(36)9-6-20)40-33-30(35(45)44-17-3-16-43(33)44)29(28)27-18-21-13-15-38-32(31(21)47-27)39-25-12-11-24-23(25)4-2-14-37-24/h2,4-6,8-9,13-15,18,25H,3,7,10-12,16-17H2,1H3,(H,38,39)/t25-/m0/s1. The number of anilines is 1. The van der Waals surface area contributed by atoms with Crippen LogP contribution in [0.3, 0.4) is 0 Å². The Bertz CT molecular complexity index is 2390. The highest BCUT2D eigenvalue weighted by molar-refractivity contribution is 7.23. The van der Waals surface area contributed by atoms with Crippen LogP contribution in [0, 0.1) is 12.7 Å². The van der Waals surface area contributed by atoms with Crippen LogP contribution in [-0.2, 0) is 32.4 Å². The van der Waals surface area contributed by atoms with E-state index in [4.69, 9.17) is 14.4 Å². The number of halogens is 1. The molecule has 234 valence electrons. The lowest BCUT2D eigenvalue weighted by molar-refractivity contribution is 0.532. The molecular weight excluding hydrogens is 616 g/mol. The average molecular weight is 645 g/mol. The molecule has 0 radical (unpaired) electrons. The number of aromatic nitrogens is 7. The molecule has 6 aromatic heterocycles. The van der Waals surface area contributed by atoms with Crippen molar-refractivity contribution >= 4 is 38.3 Å². The normalized spacial score (nSPS) is 15.5. The van der Waals surface area contributed by atoms with Gasteiger partial charge >= 0.3 is 0 Å². The van der Waals surface area contributed by atoms with Crippen LogP contribution >= 0.6 is 11.3 Å². The van der Waals surface area contributed by atoms with Crippen molar-refractivity contribution in [1.82, 2.24) is 34.5 Å². The van der Waals surface area contributed by atoms with Crippen LogP contribution in [0.15, 0.2) is 70.1 Å². The van der Waals surface area contributed by atoms with Crippen LogP contribution in [0.25, 0.3) is 43.0 Å². The maximum Gasteiger partial charge on any atom is 0.276 e. The Morgan fingerprint density at radius 2 is 1.89 bits per heavy atom. The molecule has 7 heterocycles. The van der Waals surface area contributed by atoms with Crippen molar-refractivity contribution < 1.29 is 8.81 Å². The Hall–Kier alpha value is -5.23. The number of nitrogens with one attached hydrogen (secondary N) is 1. The fourth-order valence-electron chi connectivity index (χ4n) is 7.07. The van der Waals surface area contributed by atoms with Crippen LogP contribution < -0.4 is 10.9 Å². The summed E-state index contributed by atoms with van der Waals surface area (Å²) >= 11 is 1.59. The van der Waals surface area contributed by atoms with Gasteiger partial charge in [-0.15, -0.1) is 21.5 Å². The molecule has 0 unspecified atom stereocenters. The quantitative estimate of drug-likeness (QED) is 0.205. The molecule has 12 heteroatoms. The number of aryl methyl sites for hydroxylation is 5. The van der Waals surface area contributed by atoms with E-state index < -0.39 is 0 Å². The first kappa shape index (κ1) is 28.0. The van der Waals surface area contributed by atoms with Crippen LogP contribution in [0.5, 0.6) is 0 Å². The molecule has 0 fully saturated rings. The molecule has 1 aromatic carbocycles. The van der Waals surface area contributed by atoms with Gasteiger partial charge in [0.15, 0.2) is 5.65 Å². The monoisotopic (exact) mass is 644 g/mol. The van der Waals surface area contributed by atoms with E-state index in [1.165, 1.54) is 17.7 Å². The fourth-order valence-corrected chi connectivity index (χ4v) is 8.24. The van der Waals surface area contributed by atoms with E-state index in [2.05, 4.69) is 32.6 Å². The van der Waals surface area contributed by atoms with Crippen LogP contribution in [0.1, 0.15) is 47.3 Å². The molecule has 1 aliphatic carbocycles. The zero-order chi connectivity index (χ0) is 31.6. The molecule has 2 aliphatic rings. The second-order valence-electron chi connectivity index (χ2n) is 12.1. The Kier molecular flexibility index (Phi) is 6.53. The molecule has 0 amide bonds. The number of benzene rings is 1. The maximum atomic E-state index is 14.1. The molecule has 1 atom stereocenters. The van der Waals surface area contributed by atoms with E-state index in [-0.39, 0.29) is 17.4 Å². The minimum Gasteiger partial charge on any atom is -0.421 e. The molecular formula is C35H29FN8O2S. The number of rotatable bonds is 7. The topological polar surface area (TPSA) is 117 Å². The highest BCUT2D eigenvalue weighted by Crippen LogP contribution is 2.45. The van der Waals surface area contributed by atoms with Crippen molar-refractivity contribution in [2.45, 2.75) is 58.2 Å². The smallest absolute Gasteiger partial charge is 0.276 e. The van der Waals surface area contributed by atoms with Crippen LogP contribution in [0.2, 0.25) is 0 Å². The van der Waals surface area contributed by atoms with Gasteiger partial charge in [0.2, 0.25) is 11.8 Å². The molecule has 7 aromatic rings. The van der Waals surface area contributed by atoms with E-state index in [1.54, 1.807) is 35.1 Å². The van der Waals surface area contributed by atoms with Gasteiger partial charge < -0.3 is 9.73 Å². The Morgan fingerprint density at radius 3 is 2.74 bits per heavy atom. The molecule has 47 heavy (non-hydrogen) atoms. The number of fused-ring (bicyclic) bond motifs is 5. The number of hydrogen-bond acceptors (Lipinski definition) is 9. The summed E-state index contributed by atoms with van der Waals surface area (Å²) in [5.41, 5.74) is 6.04. The summed E-state index contributed by atoms with van der Waals surface area (Å²) in [4.78, 5) is 29.5. The summed E-state index contributed by atoms with van der Waals surface area (Å²) in [5, 5.41) is 13.9. The molecule has 1 aliphatic heterocycles. The third kappa shape index (κ3) is 4.65. The Balaban J connectivity index is 1.24. The minimum absolute atomic E-state index is 0.0773. The van der Waals surface area contributed by atoms with Crippen molar-refractivity contribution in [1.29, 1.82) is 0 Å². The lowest BCUT2D eigenvalue weighted by Gasteiger charge is -2.15. The van der Waals surface area contributed by atoms with Crippen molar-refractivity contribution in [2.24, 2.45) is 0 Å². The van der Waals surface area contributed by atoms with E-state index in [1.807, 2.05) is 29.2 Å². The van der Waals surface area contributed by atoms with Crippen molar-refractivity contribution in [3.8, 4) is 21.9 Å². The lowest BCUT2D eigenvalue weighted by Crippen LogP contribution is -2.16. The second kappa shape index (κ2) is 10.9. The summed E-state index contributed by atoms with van der Waals surface area (Å²) in [6, 6.07) is 14.9. The number of nitrogens with zero attached hydrogens (tertiary/aromatic N) is 7. The zero-order valence-corrected chi connectivity index (χ0v) is 26.4. The first-order valence-electron chi connectivity index (χ1n) is 15.8. The summed E-state index contributed by atoms with van der Waals surface area (Å²) in [6.07, 6.45) is 7.55. The van der Waals surface area contributed by atoms with E-state index >= 15 is 0 Å². The van der Waals surface area contributed by atoms with Gasteiger partial charge in [0, 0.05) is 48.5 Å². The van der Waals surface area contributed by atoms with Gasteiger partial charge in [-0.1, -0.05) is 18.2 Å². The van der Waals surface area contributed by atoms with Gasteiger partial charge in [0.05, 0.1) is 27.4 Å². The van der Waals surface area contributed by atoms with Gasteiger partial charge in [-0.3, -0.25) is 14.5 Å². The van der Waals surface area contributed by atoms with Gasteiger partial charge in [0.25, 0.3) is 5.56 Å².